The summed E-state index contributed by atoms with van der Waals surface area (Å²) in [5, 5.41) is 11.2. The fourth-order valence-electron chi connectivity index (χ4n) is 3.66. The van der Waals surface area contributed by atoms with E-state index in [1.807, 2.05) is 33.7 Å². The van der Waals surface area contributed by atoms with Gasteiger partial charge in [0.15, 0.2) is 11.5 Å². The fourth-order valence-corrected chi connectivity index (χ4v) is 3.66. The number of hydrogen-bond acceptors (Lipinski definition) is 5. The van der Waals surface area contributed by atoms with Gasteiger partial charge < -0.3 is 15.0 Å². The summed E-state index contributed by atoms with van der Waals surface area (Å²) in [5.41, 5.74) is 0.762. The number of fused-ring (bicyclic) bond motifs is 1. The number of likely N-dealkylation sites (tertiary alicyclic amines) is 1. The van der Waals surface area contributed by atoms with E-state index in [1.54, 1.807) is 0 Å². The molecule has 8 nitrogen and oxygen atoms in total. The molecule has 0 radical (unpaired) electrons. The first kappa shape index (κ1) is 17.0. The van der Waals surface area contributed by atoms with E-state index in [4.69, 9.17) is 4.74 Å². The van der Waals surface area contributed by atoms with E-state index in [2.05, 4.69) is 15.5 Å². The first-order valence-corrected chi connectivity index (χ1v) is 9.19. The molecule has 26 heavy (non-hydrogen) atoms. The summed E-state index contributed by atoms with van der Waals surface area (Å²) in [6.07, 6.45) is 4.74. The van der Waals surface area contributed by atoms with E-state index in [9.17, 15) is 9.59 Å². The Bertz CT molecular complexity index is 791. The fraction of sp³-hybridized carbons (Fsp3) is 0.556. The van der Waals surface area contributed by atoms with E-state index in [0.29, 0.717) is 44.9 Å². The van der Waals surface area contributed by atoms with Gasteiger partial charge in [0.25, 0.3) is 5.91 Å². The molecule has 2 aromatic heterocycles. The van der Waals surface area contributed by atoms with Gasteiger partial charge in [0.2, 0.25) is 5.91 Å². The highest BCUT2D eigenvalue weighted by atomic mass is 16.5. The van der Waals surface area contributed by atoms with Crippen LogP contribution in [0.1, 0.15) is 31.5 Å². The van der Waals surface area contributed by atoms with Gasteiger partial charge in [-0.05, 0) is 37.8 Å². The van der Waals surface area contributed by atoms with Gasteiger partial charge in [0.05, 0.1) is 6.54 Å². The zero-order valence-electron chi connectivity index (χ0n) is 14.6. The summed E-state index contributed by atoms with van der Waals surface area (Å²) in [6, 6.07) is 5.68. The SMILES string of the molecule is O=C(NCc1nnc2ccccn12)C1CCN(C(=O)[C@H]2CCCO2)CC1. The van der Waals surface area contributed by atoms with Crippen LogP contribution in [0.2, 0.25) is 0 Å². The average molecular weight is 357 g/mol. The van der Waals surface area contributed by atoms with Gasteiger partial charge in [-0.25, -0.2) is 0 Å². The third kappa shape index (κ3) is 3.41. The van der Waals surface area contributed by atoms with Gasteiger partial charge in [0.1, 0.15) is 6.10 Å². The predicted octanol–water partition coefficient (Wildman–Crippen LogP) is 0.763. The Hall–Kier alpha value is -2.48. The highest BCUT2D eigenvalue weighted by molar-refractivity contribution is 5.82. The normalized spacial score (nSPS) is 21.2. The van der Waals surface area contributed by atoms with E-state index in [0.717, 1.165) is 18.5 Å². The number of ether oxygens (including phenoxy) is 1. The molecule has 1 N–H and O–H groups in total. The topological polar surface area (TPSA) is 88.8 Å². The molecule has 0 bridgehead atoms. The standard InChI is InChI=1S/C18H23N5O3/c24-17(19-12-16-21-20-15-5-1-2-8-23(15)16)13-6-9-22(10-7-13)18(25)14-4-3-11-26-14/h1-2,5,8,13-14H,3-4,6-7,9-12H2,(H,19,24)/t14-/m1/s1. The van der Waals surface area contributed by atoms with Crippen LogP contribution < -0.4 is 5.32 Å². The van der Waals surface area contributed by atoms with Crippen molar-refractivity contribution in [1.82, 2.24) is 24.8 Å². The van der Waals surface area contributed by atoms with Crippen LogP contribution in [-0.4, -0.2) is 57.1 Å². The van der Waals surface area contributed by atoms with E-state index >= 15 is 0 Å². The van der Waals surface area contributed by atoms with Crippen molar-refractivity contribution in [2.24, 2.45) is 5.92 Å². The number of rotatable bonds is 4. The van der Waals surface area contributed by atoms with Gasteiger partial charge in [-0.2, -0.15) is 0 Å². The molecule has 0 saturated carbocycles. The number of nitrogens with zero attached hydrogens (tertiary/aromatic N) is 4. The summed E-state index contributed by atoms with van der Waals surface area (Å²) in [7, 11) is 0. The van der Waals surface area contributed by atoms with E-state index in [1.165, 1.54) is 0 Å². The molecule has 2 aromatic rings. The van der Waals surface area contributed by atoms with Gasteiger partial charge in [0, 0.05) is 31.8 Å². The predicted molar refractivity (Wildman–Crippen MR) is 93.1 cm³/mol. The lowest BCUT2D eigenvalue weighted by Crippen LogP contribution is -2.46. The average Bonchev–Trinajstić information content (AvgIpc) is 3.36. The van der Waals surface area contributed by atoms with Crippen molar-refractivity contribution in [3.8, 4) is 0 Å². The minimum Gasteiger partial charge on any atom is -0.368 e. The second-order valence-corrected chi connectivity index (χ2v) is 6.86. The number of nitrogens with one attached hydrogen (secondary N) is 1. The Kier molecular flexibility index (Phi) is 4.83. The Balaban J connectivity index is 1.27. The van der Waals surface area contributed by atoms with Crippen LogP contribution in [0.5, 0.6) is 0 Å². The largest absolute Gasteiger partial charge is 0.368 e. The molecule has 1 atom stereocenters. The second-order valence-electron chi connectivity index (χ2n) is 6.86. The van der Waals surface area contributed by atoms with Crippen LogP contribution in [0, 0.1) is 5.92 Å². The maximum Gasteiger partial charge on any atom is 0.251 e. The van der Waals surface area contributed by atoms with Crippen LogP contribution in [-0.2, 0) is 20.9 Å². The van der Waals surface area contributed by atoms with Crippen LogP contribution in [0.4, 0.5) is 0 Å². The summed E-state index contributed by atoms with van der Waals surface area (Å²) >= 11 is 0. The quantitative estimate of drug-likeness (QED) is 0.873. The van der Waals surface area contributed by atoms with Crippen molar-refractivity contribution in [3.05, 3.63) is 30.2 Å². The molecule has 2 aliphatic rings. The second kappa shape index (κ2) is 7.41. The smallest absolute Gasteiger partial charge is 0.251 e. The number of aromatic nitrogens is 3. The molecule has 0 spiro atoms. The van der Waals surface area contributed by atoms with Crippen molar-refractivity contribution in [3.63, 3.8) is 0 Å². The van der Waals surface area contributed by atoms with Crippen LogP contribution in [0.25, 0.3) is 5.65 Å². The Labute approximate surface area is 151 Å². The third-order valence-corrected chi connectivity index (χ3v) is 5.19. The van der Waals surface area contributed by atoms with Crippen molar-refractivity contribution in [2.45, 2.75) is 38.3 Å². The monoisotopic (exact) mass is 357 g/mol. The molecule has 0 aliphatic carbocycles. The van der Waals surface area contributed by atoms with Gasteiger partial charge in [-0.15, -0.1) is 10.2 Å². The zero-order valence-corrected chi connectivity index (χ0v) is 14.6. The summed E-state index contributed by atoms with van der Waals surface area (Å²) < 4.78 is 7.34. The molecule has 2 amide bonds. The lowest BCUT2D eigenvalue weighted by Gasteiger charge is -2.32. The number of carbonyl (C=O) groups is 2. The lowest BCUT2D eigenvalue weighted by atomic mass is 9.95. The molecule has 4 heterocycles. The summed E-state index contributed by atoms with van der Waals surface area (Å²) in [4.78, 5) is 26.7. The molecule has 2 aliphatic heterocycles. The van der Waals surface area contributed by atoms with E-state index < -0.39 is 0 Å². The highest BCUT2D eigenvalue weighted by Crippen LogP contribution is 2.21. The molecule has 138 valence electrons. The maximum absolute atomic E-state index is 12.5. The molecule has 8 heteroatoms. The molecule has 2 fully saturated rings. The van der Waals surface area contributed by atoms with Crippen molar-refractivity contribution < 1.29 is 14.3 Å². The maximum atomic E-state index is 12.5. The van der Waals surface area contributed by atoms with Crippen LogP contribution in [0.3, 0.4) is 0 Å². The molecule has 2 saturated heterocycles. The minimum absolute atomic E-state index is 0.0156. The number of carbonyl (C=O) groups excluding carboxylic acids is 2. The van der Waals surface area contributed by atoms with Gasteiger partial charge >= 0.3 is 0 Å². The number of piperidine rings is 1. The highest BCUT2D eigenvalue weighted by Gasteiger charge is 2.32. The lowest BCUT2D eigenvalue weighted by molar-refractivity contribution is -0.143. The summed E-state index contributed by atoms with van der Waals surface area (Å²) in [6.45, 7) is 2.25. The van der Waals surface area contributed by atoms with Gasteiger partial charge in [-0.3, -0.25) is 14.0 Å². The number of amides is 2. The molecule has 4 rings (SSSR count). The van der Waals surface area contributed by atoms with Crippen LogP contribution in [0.15, 0.2) is 24.4 Å². The van der Waals surface area contributed by atoms with E-state index in [-0.39, 0.29) is 23.8 Å². The Morgan fingerprint density at radius 1 is 1.19 bits per heavy atom. The first-order chi connectivity index (χ1) is 12.7. The Morgan fingerprint density at radius 2 is 2.04 bits per heavy atom. The zero-order chi connectivity index (χ0) is 17.9. The van der Waals surface area contributed by atoms with Crippen molar-refractivity contribution >= 4 is 17.5 Å². The first-order valence-electron chi connectivity index (χ1n) is 9.19. The Morgan fingerprint density at radius 3 is 2.81 bits per heavy atom. The van der Waals surface area contributed by atoms with Gasteiger partial charge in [-0.1, -0.05) is 6.07 Å². The number of pyridine rings is 1. The molecule has 0 aromatic carbocycles. The minimum atomic E-state index is -0.276. The number of hydrogen-bond donors (Lipinski definition) is 1. The molecular weight excluding hydrogens is 334 g/mol. The molecule has 0 unspecified atom stereocenters. The molecular formula is C18H23N5O3. The third-order valence-electron chi connectivity index (χ3n) is 5.19. The van der Waals surface area contributed by atoms with Crippen molar-refractivity contribution in [1.29, 1.82) is 0 Å². The van der Waals surface area contributed by atoms with Crippen molar-refractivity contribution in [2.75, 3.05) is 19.7 Å². The summed E-state index contributed by atoms with van der Waals surface area (Å²) in [5.74, 6) is 0.737. The van der Waals surface area contributed by atoms with Crippen LogP contribution >= 0.6 is 0 Å².